The van der Waals surface area contributed by atoms with Crippen LogP contribution in [0.1, 0.15) is 10.4 Å². The molecule has 2 rings (SSSR count). The summed E-state index contributed by atoms with van der Waals surface area (Å²) in [6, 6.07) is 8.96. The van der Waals surface area contributed by atoms with Crippen LogP contribution < -0.4 is 0 Å². The van der Waals surface area contributed by atoms with Gasteiger partial charge in [0.25, 0.3) is 0 Å². The van der Waals surface area contributed by atoms with Crippen molar-refractivity contribution in [1.29, 1.82) is 0 Å². The van der Waals surface area contributed by atoms with E-state index in [0.29, 0.717) is 11.3 Å². The molecule has 0 saturated carbocycles. The zero-order valence-electron chi connectivity index (χ0n) is 11.5. The Hall–Kier alpha value is -2.25. The maximum atomic E-state index is 12.0. The smallest absolute Gasteiger partial charge is 0.337 e. The second-order valence-electron chi connectivity index (χ2n) is 4.52. The first-order chi connectivity index (χ1) is 9.84. The molecule has 2 aromatic rings. The van der Waals surface area contributed by atoms with Crippen LogP contribution in [0.25, 0.3) is 11.3 Å². The zero-order chi connectivity index (χ0) is 15.6. The third-order valence-corrected chi connectivity index (χ3v) is 4.77. The molecule has 0 radical (unpaired) electrons. The number of aromatic nitrogens is 1. The third-order valence-electron chi connectivity index (χ3n) is 2.94. The maximum Gasteiger partial charge on any atom is 0.337 e. The molecule has 6 nitrogen and oxygen atoms in total. The van der Waals surface area contributed by atoms with Crippen LogP contribution in [0.4, 0.5) is 0 Å². The number of carbonyl (C=O) groups is 1. The van der Waals surface area contributed by atoms with E-state index >= 15 is 0 Å². The lowest BCUT2D eigenvalue weighted by molar-refractivity contribution is 0.0697. The third kappa shape index (κ3) is 2.93. The van der Waals surface area contributed by atoms with Gasteiger partial charge < -0.3 is 5.11 Å². The van der Waals surface area contributed by atoms with Crippen molar-refractivity contribution in [3.63, 3.8) is 0 Å². The van der Waals surface area contributed by atoms with Gasteiger partial charge >= 0.3 is 5.97 Å². The Balaban J connectivity index is 2.48. The van der Waals surface area contributed by atoms with E-state index < -0.39 is 16.0 Å². The lowest BCUT2D eigenvalue weighted by Gasteiger charge is -2.12. The highest BCUT2D eigenvalue weighted by atomic mass is 32.2. The van der Waals surface area contributed by atoms with E-state index in [4.69, 9.17) is 5.11 Å². The van der Waals surface area contributed by atoms with E-state index in [2.05, 4.69) is 4.98 Å². The molecule has 1 heterocycles. The Morgan fingerprint density at radius 3 is 2.29 bits per heavy atom. The van der Waals surface area contributed by atoms with Gasteiger partial charge in [0.05, 0.1) is 16.2 Å². The number of sulfonamides is 1. The molecule has 1 aromatic heterocycles. The van der Waals surface area contributed by atoms with Gasteiger partial charge in [0.1, 0.15) is 0 Å². The largest absolute Gasteiger partial charge is 0.478 e. The van der Waals surface area contributed by atoms with Gasteiger partial charge in [-0.2, -0.15) is 0 Å². The highest BCUT2D eigenvalue weighted by molar-refractivity contribution is 7.89. The van der Waals surface area contributed by atoms with E-state index in [1.807, 2.05) is 0 Å². The fourth-order valence-electron chi connectivity index (χ4n) is 1.80. The molecule has 0 saturated heterocycles. The van der Waals surface area contributed by atoms with Crippen LogP contribution in [0.3, 0.4) is 0 Å². The van der Waals surface area contributed by atoms with Crippen molar-refractivity contribution in [1.82, 2.24) is 9.29 Å². The minimum Gasteiger partial charge on any atom is -0.478 e. The standard InChI is InChI=1S/C14H14N2O4S/c1-16(2)21(19,20)11-7-5-10(6-8-11)13-12(14(17)18)4-3-9-15-13/h3-9H,1-2H3,(H,17,18). The first-order valence-electron chi connectivity index (χ1n) is 6.05. The molecular weight excluding hydrogens is 292 g/mol. The topological polar surface area (TPSA) is 87.6 Å². The van der Waals surface area contributed by atoms with Crippen LogP contribution in [0.15, 0.2) is 47.5 Å². The van der Waals surface area contributed by atoms with E-state index in [0.717, 1.165) is 4.31 Å². The SMILES string of the molecule is CN(C)S(=O)(=O)c1ccc(-c2ncccc2C(=O)O)cc1. The number of rotatable bonds is 4. The summed E-state index contributed by atoms with van der Waals surface area (Å²) in [5, 5.41) is 9.14. The summed E-state index contributed by atoms with van der Waals surface area (Å²) >= 11 is 0. The summed E-state index contributed by atoms with van der Waals surface area (Å²) in [5.74, 6) is -1.08. The minimum atomic E-state index is -3.51. The Bertz CT molecular complexity index is 768. The number of hydrogen-bond donors (Lipinski definition) is 1. The van der Waals surface area contributed by atoms with Gasteiger partial charge in [-0.25, -0.2) is 17.5 Å². The number of benzene rings is 1. The predicted molar refractivity (Wildman–Crippen MR) is 77.5 cm³/mol. The first kappa shape index (κ1) is 15.1. The summed E-state index contributed by atoms with van der Waals surface area (Å²) in [4.78, 5) is 15.4. The molecule has 0 aliphatic carbocycles. The monoisotopic (exact) mass is 306 g/mol. The van der Waals surface area contributed by atoms with Gasteiger partial charge in [-0.15, -0.1) is 0 Å². The van der Waals surface area contributed by atoms with Crippen molar-refractivity contribution in [2.24, 2.45) is 0 Å². The molecule has 1 aromatic carbocycles. The lowest BCUT2D eigenvalue weighted by Crippen LogP contribution is -2.22. The Morgan fingerprint density at radius 2 is 1.76 bits per heavy atom. The molecule has 0 fully saturated rings. The van der Waals surface area contributed by atoms with Gasteiger partial charge in [-0.1, -0.05) is 12.1 Å². The number of aromatic carboxylic acids is 1. The van der Waals surface area contributed by atoms with Crippen molar-refractivity contribution >= 4 is 16.0 Å². The van der Waals surface area contributed by atoms with Crippen LogP contribution in [0.2, 0.25) is 0 Å². The fourth-order valence-corrected chi connectivity index (χ4v) is 2.71. The van der Waals surface area contributed by atoms with Crippen molar-refractivity contribution in [3.8, 4) is 11.3 Å². The zero-order valence-corrected chi connectivity index (χ0v) is 12.3. The summed E-state index contributed by atoms with van der Waals surface area (Å²) < 4.78 is 25.1. The molecule has 0 aliphatic rings. The molecule has 1 N–H and O–H groups in total. The number of pyridine rings is 1. The molecule has 0 atom stereocenters. The molecule has 0 bridgehead atoms. The summed E-state index contributed by atoms with van der Waals surface area (Å²) in [6.07, 6.45) is 1.49. The fraction of sp³-hybridized carbons (Fsp3) is 0.143. The summed E-state index contributed by atoms with van der Waals surface area (Å²) in [6.45, 7) is 0. The van der Waals surface area contributed by atoms with Gasteiger partial charge in [0.15, 0.2) is 0 Å². The molecule has 0 spiro atoms. The van der Waals surface area contributed by atoms with Crippen LogP contribution >= 0.6 is 0 Å². The quantitative estimate of drug-likeness (QED) is 0.929. The first-order valence-corrected chi connectivity index (χ1v) is 7.49. The Kier molecular flexibility index (Phi) is 4.06. The number of carboxylic acids is 1. The highest BCUT2D eigenvalue weighted by Gasteiger charge is 2.18. The second-order valence-corrected chi connectivity index (χ2v) is 6.67. The lowest BCUT2D eigenvalue weighted by atomic mass is 10.1. The van der Waals surface area contributed by atoms with Crippen LogP contribution in [-0.2, 0) is 10.0 Å². The predicted octanol–water partition coefficient (Wildman–Crippen LogP) is 1.70. The van der Waals surface area contributed by atoms with E-state index in [1.165, 1.54) is 44.6 Å². The van der Waals surface area contributed by atoms with Crippen molar-refractivity contribution in [2.75, 3.05) is 14.1 Å². The van der Waals surface area contributed by atoms with E-state index in [-0.39, 0.29) is 10.5 Å². The average molecular weight is 306 g/mol. The minimum absolute atomic E-state index is 0.0701. The van der Waals surface area contributed by atoms with Gasteiger partial charge in [-0.05, 0) is 24.3 Å². The average Bonchev–Trinajstić information content (AvgIpc) is 2.47. The Labute approximate surface area is 122 Å². The highest BCUT2D eigenvalue weighted by Crippen LogP contribution is 2.23. The normalized spacial score (nSPS) is 11.6. The number of carboxylic acid groups (broad SMARTS) is 1. The van der Waals surface area contributed by atoms with Gasteiger partial charge in [0.2, 0.25) is 10.0 Å². The van der Waals surface area contributed by atoms with Crippen molar-refractivity contribution in [3.05, 3.63) is 48.2 Å². The van der Waals surface area contributed by atoms with Gasteiger partial charge in [0, 0.05) is 25.9 Å². The van der Waals surface area contributed by atoms with Crippen LogP contribution in [-0.4, -0.2) is 42.9 Å². The second kappa shape index (κ2) is 5.63. The summed E-state index contributed by atoms with van der Waals surface area (Å²) in [5.41, 5.74) is 0.922. The molecule has 110 valence electrons. The van der Waals surface area contributed by atoms with Crippen LogP contribution in [0.5, 0.6) is 0 Å². The molecular formula is C14H14N2O4S. The van der Waals surface area contributed by atoms with Crippen LogP contribution in [0, 0.1) is 0 Å². The molecule has 0 aliphatic heterocycles. The molecule has 21 heavy (non-hydrogen) atoms. The molecule has 7 heteroatoms. The van der Waals surface area contributed by atoms with Crippen molar-refractivity contribution in [2.45, 2.75) is 4.90 Å². The van der Waals surface area contributed by atoms with Crippen molar-refractivity contribution < 1.29 is 18.3 Å². The van der Waals surface area contributed by atoms with E-state index in [9.17, 15) is 13.2 Å². The molecule has 0 amide bonds. The Morgan fingerprint density at radius 1 is 1.14 bits per heavy atom. The van der Waals surface area contributed by atoms with Gasteiger partial charge in [-0.3, -0.25) is 4.98 Å². The maximum absolute atomic E-state index is 12.0. The number of nitrogens with zero attached hydrogens (tertiary/aromatic N) is 2. The molecule has 0 unspecified atom stereocenters. The van der Waals surface area contributed by atoms with E-state index in [1.54, 1.807) is 12.1 Å². The summed E-state index contributed by atoms with van der Waals surface area (Å²) in [7, 11) is -0.608. The number of hydrogen-bond acceptors (Lipinski definition) is 4.